The van der Waals surface area contributed by atoms with Gasteiger partial charge in [-0.1, -0.05) is 58.4 Å². The second kappa shape index (κ2) is 5.32. The fourth-order valence-corrected chi connectivity index (χ4v) is 2.44. The van der Waals surface area contributed by atoms with Gasteiger partial charge in [-0.3, -0.25) is 0 Å². The van der Waals surface area contributed by atoms with Crippen molar-refractivity contribution in [1.29, 1.82) is 0 Å². The lowest BCUT2D eigenvalue weighted by atomic mass is 9.98. The van der Waals surface area contributed by atoms with Crippen molar-refractivity contribution in [2.24, 2.45) is 0 Å². The number of rotatable bonds is 2. The van der Waals surface area contributed by atoms with Crippen molar-refractivity contribution in [1.82, 2.24) is 0 Å². The molecule has 15 heavy (non-hydrogen) atoms. The van der Waals surface area contributed by atoms with Crippen LogP contribution in [0.25, 0.3) is 6.08 Å². The summed E-state index contributed by atoms with van der Waals surface area (Å²) in [6.07, 6.45) is 9.51. The summed E-state index contributed by atoms with van der Waals surface area (Å²) < 4.78 is 1.39. The Bertz CT molecular complexity index is 374. The molecule has 0 aromatic heterocycles. The summed E-state index contributed by atoms with van der Waals surface area (Å²) in [5.41, 5.74) is 2.74. The Morgan fingerprint density at radius 2 is 1.67 bits per heavy atom. The third-order valence-corrected chi connectivity index (χ3v) is 3.62. The molecule has 0 aliphatic heterocycles. The first kappa shape index (κ1) is 10.7. The normalized spacial score (nSPS) is 17.4. The minimum Gasteiger partial charge on any atom is -0.0622 e. The van der Waals surface area contributed by atoms with Crippen LogP contribution >= 0.6 is 15.9 Å². The number of hydrogen-bond acceptors (Lipinski definition) is 0. The van der Waals surface area contributed by atoms with Crippen molar-refractivity contribution in [2.75, 3.05) is 0 Å². The van der Waals surface area contributed by atoms with Crippen LogP contribution < -0.4 is 0 Å². The number of benzene rings is 1. The first-order chi connectivity index (χ1) is 7.36. The van der Waals surface area contributed by atoms with Crippen molar-refractivity contribution in [3.05, 3.63) is 52.0 Å². The minimum absolute atomic E-state index is 1.20. The van der Waals surface area contributed by atoms with Crippen LogP contribution in [0.5, 0.6) is 0 Å². The van der Waals surface area contributed by atoms with E-state index in [0.717, 1.165) is 0 Å². The smallest absolute Gasteiger partial charge is 0.00174 e. The lowest BCUT2D eigenvalue weighted by molar-refractivity contribution is 0.707. The molecule has 0 spiro atoms. The second-order valence-electron chi connectivity index (χ2n) is 3.88. The van der Waals surface area contributed by atoms with E-state index in [1.807, 2.05) is 6.07 Å². The summed E-state index contributed by atoms with van der Waals surface area (Å²) in [5.74, 6) is 0. The summed E-state index contributed by atoms with van der Waals surface area (Å²) >= 11 is 3.66. The molecular formula is C14H15Br. The molecular weight excluding hydrogens is 248 g/mol. The molecule has 1 aromatic rings. The largest absolute Gasteiger partial charge is 0.0622 e. The van der Waals surface area contributed by atoms with Crippen LogP contribution in [0.15, 0.2) is 46.5 Å². The van der Waals surface area contributed by atoms with Crippen LogP contribution in [-0.4, -0.2) is 0 Å². The molecule has 0 saturated heterocycles. The Morgan fingerprint density at radius 1 is 0.933 bits per heavy atom. The van der Waals surface area contributed by atoms with Crippen LogP contribution in [0.3, 0.4) is 0 Å². The van der Waals surface area contributed by atoms with Crippen LogP contribution in [0.2, 0.25) is 0 Å². The third-order valence-electron chi connectivity index (χ3n) is 2.72. The van der Waals surface area contributed by atoms with Gasteiger partial charge in [0.1, 0.15) is 0 Å². The average molecular weight is 263 g/mol. The molecule has 1 aliphatic carbocycles. The van der Waals surface area contributed by atoms with Crippen molar-refractivity contribution < 1.29 is 0 Å². The molecule has 0 saturated carbocycles. The number of halogens is 1. The summed E-state index contributed by atoms with van der Waals surface area (Å²) in [6, 6.07) is 10.5. The van der Waals surface area contributed by atoms with Crippen molar-refractivity contribution in [2.45, 2.75) is 25.7 Å². The van der Waals surface area contributed by atoms with Gasteiger partial charge in [-0.2, -0.15) is 0 Å². The Morgan fingerprint density at radius 3 is 2.40 bits per heavy atom. The highest BCUT2D eigenvalue weighted by Crippen LogP contribution is 2.29. The lowest BCUT2D eigenvalue weighted by Gasteiger charge is -2.12. The monoisotopic (exact) mass is 262 g/mol. The van der Waals surface area contributed by atoms with Gasteiger partial charge in [0, 0.05) is 0 Å². The van der Waals surface area contributed by atoms with E-state index in [1.54, 1.807) is 0 Å². The van der Waals surface area contributed by atoms with E-state index < -0.39 is 0 Å². The molecule has 1 heteroatoms. The summed E-state index contributed by atoms with van der Waals surface area (Å²) in [4.78, 5) is 0. The highest BCUT2D eigenvalue weighted by Gasteiger charge is 2.07. The number of allylic oxidation sites excluding steroid dienone is 3. The Balaban J connectivity index is 2.11. The van der Waals surface area contributed by atoms with Gasteiger partial charge < -0.3 is 0 Å². The molecule has 0 bridgehead atoms. The van der Waals surface area contributed by atoms with Crippen LogP contribution in [-0.2, 0) is 0 Å². The molecule has 2 rings (SSSR count). The maximum atomic E-state index is 3.66. The first-order valence-corrected chi connectivity index (χ1v) is 6.26. The van der Waals surface area contributed by atoms with Crippen LogP contribution in [0, 0.1) is 0 Å². The van der Waals surface area contributed by atoms with Gasteiger partial charge in [0.05, 0.1) is 0 Å². The Kier molecular flexibility index (Phi) is 3.79. The quantitative estimate of drug-likeness (QED) is 0.710. The van der Waals surface area contributed by atoms with Crippen LogP contribution in [0.1, 0.15) is 31.2 Å². The zero-order valence-electron chi connectivity index (χ0n) is 8.75. The maximum absolute atomic E-state index is 3.66. The summed E-state index contributed by atoms with van der Waals surface area (Å²) in [7, 11) is 0. The Labute approximate surface area is 99.8 Å². The highest BCUT2D eigenvalue weighted by atomic mass is 79.9. The molecule has 0 nitrogen and oxygen atoms in total. The molecule has 0 fully saturated rings. The van der Waals surface area contributed by atoms with Gasteiger partial charge in [-0.25, -0.2) is 0 Å². The van der Waals surface area contributed by atoms with Crippen molar-refractivity contribution in [3.63, 3.8) is 0 Å². The van der Waals surface area contributed by atoms with Crippen molar-refractivity contribution in [3.8, 4) is 0 Å². The zero-order chi connectivity index (χ0) is 10.5. The molecule has 0 heterocycles. The van der Waals surface area contributed by atoms with E-state index in [-0.39, 0.29) is 0 Å². The molecule has 78 valence electrons. The topological polar surface area (TPSA) is 0 Å². The van der Waals surface area contributed by atoms with E-state index >= 15 is 0 Å². The molecule has 1 aliphatic rings. The van der Waals surface area contributed by atoms with Gasteiger partial charge in [0.25, 0.3) is 0 Å². The summed E-state index contributed by atoms with van der Waals surface area (Å²) in [5, 5.41) is 0. The molecule has 0 amide bonds. The molecule has 0 atom stereocenters. The van der Waals surface area contributed by atoms with E-state index in [2.05, 4.69) is 52.3 Å². The van der Waals surface area contributed by atoms with Crippen molar-refractivity contribution >= 4 is 22.0 Å². The van der Waals surface area contributed by atoms with Gasteiger partial charge in [0.2, 0.25) is 0 Å². The SMILES string of the molecule is BrC1=C(/C=C/c2ccccc2)CCCC1. The predicted molar refractivity (Wildman–Crippen MR) is 69.9 cm³/mol. The highest BCUT2D eigenvalue weighted by molar-refractivity contribution is 9.11. The Hall–Kier alpha value is -0.820. The molecule has 1 aromatic carbocycles. The predicted octanol–water partition coefficient (Wildman–Crippen LogP) is 4.92. The van der Waals surface area contributed by atoms with Gasteiger partial charge in [-0.05, 0) is 41.3 Å². The second-order valence-corrected chi connectivity index (χ2v) is 4.84. The maximum Gasteiger partial charge on any atom is -0.00174 e. The van der Waals surface area contributed by atoms with E-state index in [4.69, 9.17) is 0 Å². The van der Waals surface area contributed by atoms with E-state index in [9.17, 15) is 0 Å². The zero-order valence-corrected chi connectivity index (χ0v) is 10.3. The van der Waals surface area contributed by atoms with E-state index in [1.165, 1.54) is 41.3 Å². The lowest BCUT2D eigenvalue weighted by Crippen LogP contribution is -1.92. The van der Waals surface area contributed by atoms with Gasteiger partial charge in [-0.15, -0.1) is 0 Å². The van der Waals surface area contributed by atoms with Gasteiger partial charge >= 0.3 is 0 Å². The fourth-order valence-electron chi connectivity index (χ4n) is 1.83. The standard InChI is InChI=1S/C14H15Br/c15-14-9-5-4-8-13(14)11-10-12-6-2-1-3-7-12/h1-3,6-7,10-11H,4-5,8-9H2/b11-10+. The molecule has 0 unspecified atom stereocenters. The third kappa shape index (κ3) is 3.07. The summed E-state index contributed by atoms with van der Waals surface area (Å²) in [6.45, 7) is 0. The molecule has 0 radical (unpaired) electrons. The number of hydrogen-bond donors (Lipinski definition) is 0. The van der Waals surface area contributed by atoms with E-state index in [0.29, 0.717) is 0 Å². The molecule has 0 N–H and O–H groups in total. The minimum atomic E-state index is 1.20. The fraction of sp³-hybridized carbons (Fsp3) is 0.286. The first-order valence-electron chi connectivity index (χ1n) is 5.47. The van der Waals surface area contributed by atoms with Crippen LogP contribution in [0.4, 0.5) is 0 Å². The average Bonchev–Trinajstić information content (AvgIpc) is 2.29. The van der Waals surface area contributed by atoms with Gasteiger partial charge in [0.15, 0.2) is 0 Å².